The standard InChI is InChI=1S/C28H26N2O5/c31-25(30-19-11-9-18(10-12-19)28(14-15-28)26(32)33)13-16-29-27(34)35-17-24-22-7-3-1-5-20(22)21-6-2-4-8-23(21)24/h1-12,24H,13-17H2,(H,29,34)(H,30,31)(H,32,33). The molecule has 0 aromatic heterocycles. The molecule has 0 unspecified atom stereocenters. The van der Waals surface area contributed by atoms with Gasteiger partial charge in [0.25, 0.3) is 0 Å². The Labute approximate surface area is 203 Å². The summed E-state index contributed by atoms with van der Waals surface area (Å²) in [4.78, 5) is 35.9. The summed E-state index contributed by atoms with van der Waals surface area (Å²) in [6.45, 7) is 0.360. The van der Waals surface area contributed by atoms with Crippen LogP contribution in [0, 0.1) is 0 Å². The van der Waals surface area contributed by atoms with E-state index in [0.717, 1.165) is 27.8 Å². The number of ether oxygens (including phenoxy) is 1. The van der Waals surface area contributed by atoms with Crippen molar-refractivity contribution in [1.29, 1.82) is 0 Å². The van der Waals surface area contributed by atoms with Crippen molar-refractivity contribution in [1.82, 2.24) is 5.32 Å². The summed E-state index contributed by atoms with van der Waals surface area (Å²) in [6, 6.07) is 23.2. The van der Waals surface area contributed by atoms with E-state index < -0.39 is 17.5 Å². The van der Waals surface area contributed by atoms with Crippen LogP contribution in [0.1, 0.15) is 41.9 Å². The smallest absolute Gasteiger partial charge is 0.407 e. The van der Waals surface area contributed by atoms with Crippen molar-refractivity contribution in [2.24, 2.45) is 0 Å². The lowest BCUT2D eigenvalue weighted by molar-refractivity contribution is -0.140. The third-order valence-corrected chi connectivity index (χ3v) is 6.85. The summed E-state index contributed by atoms with van der Waals surface area (Å²) in [5.41, 5.74) is 5.18. The zero-order chi connectivity index (χ0) is 24.4. The first-order valence-corrected chi connectivity index (χ1v) is 11.7. The minimum absolute atomic E-state index is 0.0182. The lowest BCUT2D eigenvalue weighted by Gasteiger charge is -2.14. The number of alkyl carbamates (subject to hydrolysis) is 1. The normalized spacial score (nSPS) is 15.0. The summed E-state index contributed by atoms with van der Waals surface area (Å²) in [5.74, 6) is -1.08. The second-order valence-electron chi connectivity index (χ2n) is 9.02. The average Bonchev–Trinajstić information content (AvgIpc) is 3.62. The molecule has 0 aliphatic heterocycles. The van der Waals surface area contributed by atoms with E-state index in [0.29, 0.717) is 18.5 Å². The van der Waals surface area contributed by atoms with E-state index in [1.54, 1.807) is 24.3 Å². The molecule has 1 saturated carbocycles. The number of fused-ring (bicyclic) bond motifs is 3. The van der Waals surface area contributed by atoms with E-state index in [4.69, 9.17) is 4.74 Å². The van der Waals surface area contributed by atoms with E-state index in [9.17, 15) is 19.5 Å². The largest absolute Gasteiger partial charge is 0.481 e. The van der Waals surface area contributed by atoms with Crippen molar-refractivity contribution in [3.05, 3.63) is 89.5 Å². The molecule has 2 amide bonds. The lowest BCUT2D eigenvalue weighted by atomic mass is 9.96. The summed E-state index contributed by atoms with van der Waals surface area (Å²) in [5, 5.41) is 14.8. The molecule has 0 atom stereocenters. The van der Waals surface area contributed by atoms with Crippen LogP contribution in [0.5, 0.6) is 0 Å². The molecule has 0 bridgehead atoms. The van der Waals surface area contributed by atoms with Crippen molar-refractivity contribution < 1.29 is 24.2 Å². The zero-order valence-electron chi connectivity index (χ0n) is 19.1. The van der Waals surface area contributed by atoms with Gasteiger partial charge in [-0.3, -0.25) is 9.59 Å². The molecule has 7 heteroatoms. The van der Waals surface area contributed by atoms with E-state index >= 15 is 0 Å². The van der Waals surface area contributed by atoms with Gasteiger partial charge in [-0.05, 0) is 52.8 Å². The third-order valence-electron chi connectivity index (χ3n) is 6.85. The molecule has 178 valence electrons. The van der Waals surface area contributed by atoms with Gasteiger partial charge in [-0.15, -0.1) is 0 Å². The fourth-order valence-electron chi connectivity index (χ4n) is 4.77. The van der Waals surface area contributed by atoms with Crippen LogP contribution in [0.15, 0.2) is 72.8 Å². The maximum Gasteiger partial charge on any atom is 0.407 e. The fraction of sp³-hybridized carbons (Fsp3) is 0.250. The monoisotopic (exact) mass is 470 g/mol. The average molecular weight is 471 g/mol. The number of anilines is 1. The van der Waals surface area contributed by atoms with Gasteiger partial charge in [-0.1, -0.05) is 60.7 Å². The highest BCUT2D eigenvalue weighted by Crippen LogP contribution is 2.48. The number of carbonyl (C=O) groups excluding carboxylic acids is 2. The molecule has 35 heavy (non-hydrogen) atoms. The van der Waals surface area contributed by atoms with Gasteiger partial charge in [0, 0.05) is 24.6 Å². The molecule has 5 rings (SSSR count). The Balaban J connectivity index is 1.08. The van der Waals surface area contributed by atoms with Crippen LogP contribution in [0.4, 0.5) is 10.5 Å². The Morgan fingerprint density at radius 3 is 2.06 bits per heavy atom. The highest BCUT2D eigenvalue weighted by molar-refractivity contribution is 5.91. The Kier molecular flexibility index (Phi) is 5.99. The molecule has 3 aromatic carbocycles. The van der Waals surface area contributed by atoms with Crippen molar-refractivity contribution in [3.8, 4) is 11.1 Å². The molecule has 2 aliphatic rings. The van der Waals surface area contributed by atoms with Gasteiger partial charge in [-0.25, -0.2) is 4.79 Å². The van der Waals surface area contributed by atoms with E-state index in [1.165, 1.54) is 0 Å². The first-order valence-electron chi connectivity index (χ1n) is 11.7. The first kappa shape index (κ1) is 22.7. The van der Waals surface area contributed by atoms with Gasteiger partial charge in [0.15, 0.2) is 0 Å². The molecule has 1 fully saturated rings. The SMILES string of the molecule is O=C(CCNC(=O)OCC1c2ccccc2-c2ccccc21)Nc1ccc(C2(C(=O)O)CC2)cc1. The predicted octanol–water partition coefficient (Wildman–Crippen LogP) is 4.67. The number of rotatable bonds is 8. The number of hydrogen-bond acceptors (Lipinski definition) is 4. The summed E-state index contributed by atoms with van der Waals surface area (Å²) < 4.78 is 5.48. The van der Waals surface area contributed by atoms with Gasteiger partial charge in [-0.2, -0.15) is 0 Å². The Bertz CT molecular complexity index is 1240. The molecule has 0 radical (unpaired) electrons. The minimum atomic E-state index is -0.811. The van der Waals surface area contributed by atoms with Gasteiger partial charge >= 0.3 is 12.1 Å². The number of carbonyl (C=O) groups is 3. The molecule has 0 spiro atoms. The summed E-state index contributed by atoms with van der Waals surface area (Å²) in [7, 11) is 0. The highest BCUT2D eigenvalue weighted by Gasteiger charge is 2.51. The van der Waals surface area contributed by atoms with Crippen molar-refractivity contribution >= 4 is 23.7 Å². The summed E-state index contributed by atoms with van der Waals surface area (Å²) in [6.07, 6.45) is 0.795. The quantitative estimate of drug-likeness (QED) is 0.444. The van der Waals surface area contributed by atoms with Crippen LogP contribution in [0.2, 0.25) is 0 Å². The lowest BCUT2D eigenvalue weighted by Crippen LogP contribution is -2.29. The maximum absolute atomic E-state index is 12.2. The Hall–Kier alpha value is -4.13. The van der Waals surface area contributed by atoms with Crippen LogP contribution in [0.25, 0.3) is 11.1 Å². The molecule has 7 nitrogen and oxygen atoms in total. The maximum atomic E-state index is 12.2. The fourth-order valence-corrected chi connectivity index (χ4v) is 4.77. The predicted molar refractivity (Wildman–Crippen MR) is 131 cm³/mol. The molecule has 0 saturated heterocycles. The number of hydrogen-bond donors (Lipinski definition) is 3. The minimum Gasteiger partial charge on any atom is -0.481 e. The third kappa shape index (κ3) is 4.49. The second kappa shape index (κ2) is 9.25. The van der Waals surface area contributed by atoms with Gasteiger partial charge in [0.1, 0.15) is 6.61 Å². The number of carboxylic acid groups (broad SMARTS) is 1. The summed E-state index contributed by atoms with van der Waals surface area (Å²) >= 11 is 0. The van der Waals surface area contributed by atoms with Crippen molar-refractivity contribution in [3.63, 3.8) is 0 Å². The van der Waals surface area contributed by atoms with Crippen LogP contribution in [-0.2, 0) is 19.7 Å². The molecule has 2 aliphatic carbocycles. The molecule has 3 aromatic rings. The number of benzene rings is 3. The molecular weight excluding hydrogens is 444 g/mol. The van der Waals surface area contributed by atoms with Crippen molar-refractivity contribution in [2.45, 2.75) is 30.6 Å². The first-order chi connectivity index (χ1) is 17.0. The highest BCUT2D eigenvalue weighted by atomic mass is 16.5. The van der Waals surface area contributed by atoms with Crippen molar-refractivity contribution in [2.75, 3.05) is 18.5 Å². The van der Waals surface area contributed by atoms with Crippen LogP contribution >= 0.6 is 0 Å². The Morgan fingerprint density at radius 1 is 0.886 bits per heavy atom. The van der Waals surface area contributed by atoms with Crippen LogP contribution in [0.3, 0.4) is 0 Å². The van der Waals surface area contributed by atoms with E-state index in [1.807, 2.05) is 24.3 Å². The van der Waals surface area contributed by atoms with Gasteiger partial charge in [0.05, 0.1) is 5.41 Å². The van der Waals surface area contributed by atoms with Gasteiger partial charge in [0.2, 0.25) is 5.91 Å². The Morgan fingerprint density at radius 2 is 1.49 bits per heavy atom. The van der Waals surface area contributed by atoms with E-state index in [-0.39, 0.29) is 31.4 Å². The van der Waals surface area contributed by atoms with Crippen LogP contribution < -0.4 is 10.6 Å². The number of amides is 2. The number of carboxylic acids is 1. The number of aliphatic carboxylic acids is 1. The van der Waals surface area contributed by atoms with Crippen LogP contribution in [-0.4, -0.2) is 36.2 Å². The zero-order valence-corrected chi connectivity index (χ0v) is 19.1. The molecule has 0 heterocycles. The van der Waals surface area contributed by atoms with Gasteiger partial charge < -0.3 is 20.5 Å². The molecular formula is C28H26N2O5. The molecule has 3 N–H and O–H groups in total. The number of nitrogens with one attached hydrogen (secondary N) is 2. The topological polar surface area (TPSA) is 105 Å². The van der Waals surface area contributed by atoms with E-state index in [2.05, 4.69) is 34.9 Å². The second-order valence-corrected chi connectivity index (χ2v) is 9.02.